The van der Waals surface area contributed by atoms with Crippen LogP contribution in [0, 0.1) is 18.6 Å². The quantitative estimate of drug-likeness (QED) is 0.639. The zero-order chi connectivity index (χ0) is 12.7. The molecule has 0 saturated heterocycles. The summed E-state index contributed by atoms with van der Waals surface area (Å²) < 4.78 is 28.2. The Bertz CT molecular complexity index is 732. The van der Waals surface area contributed by atoms with Gasteiger partial charge in [-0.15, -0.1) is 0 Å². The maximum Gasteiger partial charge on any atom is 0.139 e. The zero-order valence-corrected chi connectivity index (χ0v) is 9.69. The molecular weight excluding hydrogens is 234 g/mol. The van der Waals surface area contributed by atoms with Gasteiger partial charge in [-0.3, -0.25) is 4.40 Å². The third-order valence-corrected chi connectivity index (χ3v) is 2.85. The maximum atomic E-state index is 13.3. The molecule has 0 amide bonds. The lowest BCUT2D eigenvalue weighted by atomic mass is 10.1. The van der Waals surface area contributed by atoms with Gasteiger partial charge < -0.3 is 0 Å². The lowest BCUT2D eigenvalue weighted by Crippen LogP contribution is -1.91. The number of imidazole rings is 1. The number of nitrogens with zero attached hydrogens (tertiary/aromatic N) is 2. The Morgan fingerprint density at radius 2 is 1.89 bits per heavy atom. The molecule has 0 saturated carbocycles. The first-order valence-corrected chi connectivity index (χ1v) is 5.55. The van der Waals surface area contributed by atoms with Crippen molar-refractivity contribution in [3.05, 3.63) is 59.9 Å². The Balaban J connectivity index is 2.34. The summed E-state index contributed by atoms with van der Waals surface area (Å²) in [5.41, 5.74) is 2.79. The van der Waals surface area contributed by atoms with Crippen LogP contribution in [0.1, 0.15) is 5.69 Å². The number of rotatable bonds is 1. The van der Waals surface area contributed by atoms with Crippen LogP contribution >= 0.6 is 0 Å². The van der Waals surface area contributed by atoms with E-state index in [2.05, 4.69) is 4.98 Å². The van der Waals surface area contributed by atoms with E-state index in [9.17, 15) is 8.78 Å². The fourth-order valence-electron chi connectivity index (χ4n) is 2.12. The second-order valence-corrected chi connectivity index (χ2v) is 4.13. The van der Waals surface area contributed by atoms with Crippen molar-refractivity contribution in [3.63, 3.8) is 0 Å². The molecule has 0 bridgehead atoms. The number of aryl methyl sites for hydroxylation is 1. The monoisotopic (exact) mass is 244 g/mol. The van der Waals surface area contributed by atoms with Gasteiger partial charge in [0, 0.05) is 11.8 Å². The van der Waals surface area contributed by atoms with Crippen molar-refractivity contribution in [2.45, 2.75) is 6.92 Å². The lowest BCUT2D eigenvalue weighted by molar-refractivity contribution is 0.619. The average Bonchev–Trinajstić information content (AvgIpc) is 2.64. The maximum absolute atomic E-state index is 13.3. The largest absolute Gasteiger partial charge is 0.296 e. The molecular formula is C14H10F2N2. The third kappa shape index (κ3) is 1.66. The summed E-state index contributed by atoms with van der Waals surface area (Å²) in [4.78, 5) is 4.33. The molecule has 0 unspecified atom stereocenters. The van der Waals surface area contributed by atoms with Crippen molar-refractivity contribution >= 4 is 5.65 Å². The second-order valence-electron chi connectivity index (χ2n) is 4.13. The molecule has 0 N–H and O–H groups in total. The number of hydrogen-bond donors (Lipinski definition) is 0. The van der Waals surface area contributed by atoms with Gasteiger partial charge in [0.1, 0.15) is 17.3 Å². The fraction of sp³-hybridized carbons (Fsp3) is 0.0714. The molecule has 4 heteroatoms. The van der Waals surface area contributed by atoms with E-state index < -0.39 is 0 Å². The Morgan fingerprint density at radius 3 is 2.67 bits per heavy atom. The van der Waals surface area contributed by atoms with E-state index in [-0.39, 0.29) is 11.6 Å². The van der Waals surface area contributed by atoms with Gasteiger partial charge in [0.15, 0.2) is 0 Å². The van der Waals surface area contributed by atoms with Gasteiger partial charge >= 0.3 is 0 Å². The van der Waals surface area contributed by atoms with Crippen LogP contribution in [0.5, 0.6) is 0 Å². The molecule has 3 rings (SSSR count). The number of hydrogen-bond acceptors (Lipinski definition) is 1. The van der Waals surface area contributed by atoms with Crippen LogP contribution in [0.25, 0.3) is 16.9 Å². The minimum Gasteiger partial charge on any atom is -0.296 e. The molecule has 3 aromatic rings. The smallest absolute Gasteiger partial charge is 0.139 e. The van der Waals surface area contributed by atoms with E-state index in [1.807, 2.05) is 6.92 Å². The van der Waals surface area contributed by atoms with E-state index in [4.69, 9.17) is 0 Å². The molecule has 2 nitrogen and oxygen atoms in total. The summed E-state index contributed by atoms with van der Waals surface area (Å²) in [6.07, 6.45) is 1.36. The van der Waals surface area contributed by atoms with E-state index in [0.29, 0.717) is 16.9 Å². The van der Waals surface area contributed by atoms with Gasteiger partial charge in [0.05, 0.1) is 11.4 Å². The molecule has 0 radical (unpaired) electrons. The molecule has 2 heterocycles. The number of halogens is 2. The molecule has 1 aromatic carbocycles. The highest BCUT2D eigenvalue weighted by atomic mass is 19.1. The Hall–Kier alpha value is -2.23. The molecule has 0 aliphatic carbocycles. The van der Waals surface area contributed by atoms with Crippen molar-refractivity contribution in [3.8, 4) is 11.3 Å². The molecule has 90 valence electrons. The van der Waals surface area contributed by atoms with Crippen molar-refractivity contribution in [2.75, 3.05) is 0 Å². The average molecular weight is 244 g/mol. The highest BCUT2D eigenvalue weighted by molar-refractivity contribution is 5.67. The SMILES string of the molecule is Cc1nc2ccc(F)cn2c1-c1cccc(F)c1. The van der Waals surface area contributed by atoms with Crippen LogP contribution in [0.15, 0.2) is 42.6 Å². The van der Waals surface area contributed by atoms with Crippen LogP contribution in [-0.4, -0.2) is 9.38 Å². The first kappa shape index (κ1) is 10.9. The Labute approximate surface area is 103 Å². The van der Waals surface area contributed by atoms with Crippen LogP contribution in [-0.2, 0) is 0 Å². The van der Waals surface area contributed by atoms with E-state index in [1.54, 1.807) is 22.6 Å². The molecule has 0 fully saturated rings. The number of fused-ring (bicyclic) bond motifs is 1. The van der Waals surface area contributed by atoms with Crippen molar-refractivity contribution < 1.29 is 8.78 Å². The van der Waals surface area contributed by atoms with Crippen LogP contribution in [0.4, 0.5) is 8.78 Å². The minimum absolute atomic E-state index is 0.321. The molecule has 0 spiro atoms. The lowest BCUT2D eigenvalue weighted by Gasteiger charge is -2.03. The second kappa shape index (κ2) is 3.91. The molecule has 2 aromatic heterocycles. The molecule has 0 aliphatic rings. The Kier molecular flexibility index (Phi) is 2.37. The van der Waals surface area contributed by atoms with Crippen LogP contribution in [0.3, 0.4) is 0 Å². The summed E-state index contributed by atoms with van der Waals surface area (Å²) >= 11 is 0. The number of benzene rings is 1. The van der Waals surface area contributed by atoms with E-state index >= 15 is 0 Å². The number of aromatic nitrogens is 2. The van der Waals surface area contributed by atoms with Gasteiger partial charge in [-0.1, -0.05) is 12.1 Å². The third-order valence-electron chi connectivity index (χ3n) is 2.85. The summed E-state index contributed by atoms with van der Waals surface area (Å²) in [6, 6.07) is 9.17. The predicted octanol–water partition coefficient (Wildman–Crippen LogP) is 3.59. The van der Waals surface area contributed by atoms with Crippen molar-refractivity contribution in [2.24, 2.45) is 0 Å². The first-order chi connectivity index (χ1) is 8.65. The van der Waals surface area contributed by atoms with Crippen molar-refractivity contribution in [1.82, 2.24) is 9.38 Å². The Morgan fingerprint density at radius 1 is 1.06 bits per heavy atom. The summed E-state index contributed by atoms with van der Waals surface area (Å²) in [7, 11) is 0. The minimum atomic E-state index is -0.349. The standard InChI is InChI=1S/C14H10F2N2/c1-9-14(10-3-2-4-11(15)7-10)18-8-12(16)5-6-13(18)17-9/h2-8H,1H3. The summed E-state index contributed by atoms with van der Waals surface area (Å²) in [6.45, 7) is 1.82. The zero-order valence-electron chi connectivity index (χ0n) is 9.69. The first-order valence-electron chi connectivity index (χ1n) is 5.55. The molecule has 18 heavy (non-hydrogen) atoms. The van der Waals surface area contributed by atoms with Crippen LogP contribution < -0.4 is 0 Å². The van der Waals surface area contributed by atoms with Crippen LogP contribution in [0.2, 0.25) is 0 Å². The predicted molar refractivity (Wildman–Crippen MR) is 65.3 cm³/mol. The normalized spacial score (nSPS) is 11.1. The van der Waals surface area contributed by atoms with E-state index in [1.165, 1.54) is 24.4 Å². The van der Waals surface area contributed by atoms with Crippen molar-refractivity contribution in [1.29, 1.82) is 0 Å². The molecule has 0 aliphatic heterocycles. The van der Waals surface area contributed by atoms with Gasteiger partial charge in [-0.2, -0.15) is 0 Å². The fourth-order valence-corrected chi connectivity index (χ4v) is 2.12. The van der Waals surface area contributed by atoms with Gasteiger partial charge in [0.25, 0.3) is 0 Å². The topological polar surface area (TPSA) is 17.3 Å². The highest BCUT2D eigenvalue weighted by Gasteiger charge is 2.11. The summed E-state index contributed by atoms with van der Waals surface area (Å²) in [5, 5.41) is 0. The van der Waals surface area contributed by atoms with E-state index in [0.717, 1.165) is 5.69 Å². The molecule has 0 atom stereocenters. The van der Waals surface area contributed by atoms with Gasteiger partial charge in [0.2, 0.25) is 0 Å². The van der Waals surface area contributed by atoms with Gasteiger partial charge in [-0.25, -0.2) is 13.8 Å². The highest BCUT2D eigenvalue weighted by Crippen LogP contribution is 2.25. The van der Waals surface area contributed by atoms with Gasteiger partial charge in [-0.05, 0) is 31.2 Å². The number of pyridine rings is 1. The summed E-state index contributed by atoms with van der Waals surface area (Å²) in [5.74, 6) is -0.671.